The van der Waals surface area contributed by atoms with Crippen molar-refractivity contribution < 1.29 is 28.7 Å². The molecule has 0 aliphatic rings. The molecule has 2 rings (SSSR count). The van der Waals surface area contributed by atoms with Gasteiger partial charge in [0.25, 0.3) is 11.6 Å². The molecule has 0 spiro atoms. The van der Waals surface area contributed by atoms with Gasteiger partial charge >= 0.3 is 5.97 Å². The zero-order valence-corrected chi connectivity index (χ0v) is 16.1. The summed E-state index contributed by atoms with van der Waals surface area (Å²) in [5, 5.41) is 13.4. The molecule has 2 aromatic rings. The zero-order valence-electron chi connectivity index (χ0n) is 16.1. The number of anilines is 1. The van der Waals surface area contributed by atoms with Crippen molar-refractivity contribution in [2.45, 2.75) is 26.4 Å². The van der Waals surface area contributed by atoms with Crippen molar-refractivity contribution in [3.8, 4) is 11.5 Å². The van der Waals surface area contributed by atoms with Crippen LogP contribution in [-0.2, 0) is 14.3 Å². The Hall–Kier alpha value is -3.62. The number of hydrogen-bond acceptors (Lipinski definition) is 7. The van der Waals surface area contributed by atoms with Crippen LogP contribution in [0.2, 0.25) is 0 Å². The monoisotopic (exact) mass is 402 g/mol. The van der Waals surface area contributed by atoms with Crippen molar-refractivity contribution in [2.75, 3.05) is 18.5 Å². The molecule has 0 unspecified atom stereocenters. The molecule has 0 aliphatic heterocycles. The molecule has 9 heteroatoms. The first-order valence-electron chi connectivity index (χ1n) is 9.00. The number of rotatable bonds is 10. The quantitative estimate of drug-likeness (QED) is 0.368. The summed E-state index contributed by atoms with van der Waals surface area (Å²) in [6, 6.07) is 12.6. The first-order chi connectivity index (χ1) is 13.9. The van der Waals surface area contributed by atoms with E-state index in [1.807, 2.05) is 6.92 Å². The van der Waals surface area contributed by atoms with Crippen LogP contribution in [0.5, 0.6) is 11.5 Å². The fourth-order valence-electron chi connectivity index (χ4n) is 2.29. The van der Waals surface area contributed by atoms with E-state index in [1.54, 1.807) is 30.3 Å². The smallest absolute Gasteiger partial charge is 0.344 e. The molecule has 1 atom stereocenters. The Bertz CT molecular complexity index is 869. The highest BCUT2D eigenvalue weighted by atomic mass is 16.6. The van der Waals surface area contributed by atoms with Gasteiger partial charge in [-0.2, -0.15) is 0 Å². The van der Waals surface area contributed by atoms with Crippen molar-refractivity contribution in [1.82, 2.24) is 0 Å². The minimum atomic E-state index is -1.17. The van der Waals surface area contributed by atoms with Gasteiger partial charge in [0, 0.05) is 6.07 Å². The van der Waals surface area contributed by atoms with Gasteiger partial charge in [0.05, 0.1) is 11.5 Å². The van der Waals surface area contributed by atoms with Crippen LogP contribution in [0.4, 0.5) is 11.4 Å². The number of nitrogens with zero attached hydrogens (tertiary/aromatic N) is 1. The van der Waals surface area contributed by atoms with Gasteiger partial charge in [-0.05, 0) is 31.5 Å². The third-order valence-electron chi connectivity index (χ3n) is 3.69. The maximum atomic E-state index is 12.2. The van der Waals surface area contributed by atoms with E-state index in [1.165, 1.54) is 25.1 Å². The third kappa shape index (κ3) is 6.49. The molecule has 1 amide bonds. The predicted octanol–water partition coefficient (Wildman–Crippen LogP) is 3.33. The minimum Gasteiger partial charge on any atom is -0.490 e. The van der Waals surface area contributed by atoms with Gasteiger partial charge in [0.15, 0.2) is 24.2 Å². The third-order valence-corrected chi connectivity index (χ3v) is 3.69. The highest BCUT2D eigenvalue weighted by molar-refractivity contribution is 5.96. The molecule has 0 fully saturated rings. The summed E-state index contributed by atoms with van der Waals surface area (Å²) in [6.07, 6.45) is -0.347. The summed E-state index contributed by atoms with van der Waals surface area (Å²) < 4.78 is 16.0. The largest absolute Gasteiger partial charge is 0.490 e. The molecule has 154 valence electrons. The fourth-order valence-corrected chi connectivity index (χ4v) is 2.29. The average molecular weight is 402 g/mol. The number of para-hydroxylation sites is 4. The highest BCUT2D eigenvalue weighted by Gasteiger charge is 2.22. The van der Waals surface area contributed by atoms with E-state index in [0.717, 1.165) is 6.42 Å². The Balaban J connectivity index is 1.89. The van der Waals surface area contributed by atoms with Gasteiger partial charge in [-0.25, -0.2) is 4.79 Å². The summed E-state index contributed by atoms with van der Waals surface area (Å²) in [5.41, 5.74) is -0.241. The summed E-state index contributed by atoms with van der Waals surface area (Å²) in [5.74, 6) is -0.570. The maximum absolute atomic E-state index is 12.2. The molecule has 9 nitrogen and oxygen atoms in total. The first-order valence-corrected chi connectivity index (χ1v) is 9.00. The van der Waals surface area contributed by atoms with Crippen LogP contribution in [0.3, 0.4) is 0 Å². The van der Waals surface area contributed by atoms with Crippen molar-refractivity contribution in [3.05, 3.63) is 58.6 Å². The number of benzene rings is 2. The molecule has 0 heterocycles. The SMILES string of the molecule is CCCOc1ccccc1OCC(=O)O[C@H](C)C(=O)Nc1ccccc1[N+](=O)[O-]. The standard InChI is InChI=1S/C20H22N2O7/c1-3-12-27-17-10-6-7-11-18(17)28-13-19(23)29-14(2)20(24)21-15-8-4-5-9-16(15)22(25)26/h4-11,14H,3,12-13H2,1-2H3,(H,21,24)/t14-/m1/s1. The van der Waals surface area contributed by atoms with Crippen LogP contribution >= 0.6 is 0 Å². The van der Waals surface area contributed by atoms with Crippen LogP contribution < -0.4 is 14.8 Å². The number of carbonyl (C=O) groups is 2. The Kier molecular flexibility index (Phi) is 7.96. The predicted molar refractivity (Wildman–Crippen MR) is 105 cm³/mol. The van der Waals surface area contributed by atoms with Crippen LogP contribution in [0.1, 0.15) is 20.3 Å². The molecule has 0 aromatic heterocycles. The van der Waals surface area contributed by atoms with Crippen molar-refractivity contribution >= 4 is 23.3 Å². The number of nitro benzene ring substituents is 1. The van der Waals surface area contributed by atoms with E-state index in [0.29, 0.717) is 18.1 Å². The summed E-state index contributed by atoms with van der Waals surface area (Å²) in [7, 11) is 0. The van der Waals surface area contributed by atoms with Gasteiger partial charge in [0.2, 0.25) is 0 Å². The molecule has 0 bridgehead atoms. The second-order valence-corrected chi connectivity index (χ2v) is 5.98. The van der Waals surface area contributed by atoms with Gasteiger partial charge in [-0.15, -0.1) is 0 Å². The van der Waals surface area contributed by atoms with E-state index in [9.17, 15) is 19.7 Å². The van der Waals surface area contributed by atoms with Crippen molar-refractivity contribution in [2.24, 2.45) is 0 Å². The Morgan fingerprint density at radius 1 is 1.07 bits per heavy atom. The maximum Gasteiger partial charge on any atom is 0.344 e. The van der Waals surface area contributed by atoms with E-state index in [2.05, 4.69) is 5.32 Å². The lowest BCUT2D eigenvalue weighted by atomic mass is 10.2. The van der Waals surface area contributed by atoms with Crippen molar-refractivity contribution in [1.29, 1.82) is 0 Å². The molecule has 2 aromatic carbocycles. The van der Waals surface area contributed by atoms with Crippen LogP contribution in [0.15, 0.2) is 48.5 Å². The zero-order chi connectivity index (χ0) is 21.2. The molecule has 0 aliphatic carbocycles. The lowest BCUT2D eigenvalue weighted by molar-refractivity contribution is -0.383. The molecule has 29 heavy (non-hydrogen) atoms. The van der Waals surface area contributed by atoms with Crippen molar-refractivity contribution in [3.63, 3.8) is 0 Å². The van der Waals surface area contributed by atoms with Crippen LogP contribution in [0.25, 0.3) is 0 Å². The number of nitrogens with one attached hydrogen (secondary N) is 1. The minimum absolute atomic E-state index is 0.0173. The number of hydrogen-bond donors (Lipinski definition) is 1. The van der Waals surface area contributed by atoms with Crippen LogP contribution in [0, 0.1) is 10.1 Å². The fraction of sp³-hybridized carbons (Fsp3) is 0.300. The molecular weight excluding hydrogens is 380 g/mol. The molecule has 0 saturated carbocycles. The number of amides is 1. The normalized spacial score (nSPS) is 11.2. The first kappa shape index (κ1) is 21.7. The average Bonchev–Trinajstić information content (AvgIpc) is 2.71. The lowest BCUT2D eigenvalue weighted by Crippen LogP contribution is -2.31. The summed E-state index contributed by atoms with van der Waals surface area (Å²) in [4.78, 5) is 34.6. The molecule has 1 N–H and O–H groups in total. The van der Waals surface area contributed by atoms with E-state index in [-0.39, 0.29) is 11.4 Å². The highest BCUT2D eigenvalue weighted by Crippen LogP contribution is 2.26. The summed E-state index contributed by atoms with van der Waals surface area (Å²) in [6.45, 7) is 3.42. The van der Waals surface area contributed by atoms with E-state index < -0.39 is 29.5 Å². The topological polar surface area (TPSA) is 117 Å². The van der Waals surface area contributed by atoms with Gasteiger partial charge in [-0.1, -0.05) is 31.2 Å². The number of carbonyl (C=O) groups excluding carboxylic acids is 2. The molecular formula is C20H22N2O7. The lowest BCUT2D eigenvalue weighted by Gasteiger charge is -2.15. The number of esters is 1. The van der Waals surface area contributed by atoms with Gasteiger partial charge < -0.3 is 19.5 Å². The Labute approximate surface area is 167 Å². The van der Waals surface area contributed by atoms with E-state index >= 15 is 0 Å². The Morgan fingerprint density at radius 3 is 2.34 bits per heavy atom. The van der Waals surface area contributed by atoms with Crippen LogP contribution in [-0.4, -0.2) is 36.1 Å². The van der Waals surface area contributed by atoms with Gasteiger partial charge in [-0.3, -0.25) is 14.9 Å². The van der Waals surface area contributed by atoms with E-state index in [4.69, 9.17) is 14.2 Å². The summed E-state index contributed by atoms with van der Waals surface area (Å²) >= 11 is 0. The molecule has 0 radical (unpaired) electrons. The van der Waals surface area contributed by atoms with Gasteiger partial charge in [0.1, 0.15) is 5.69 Å². The Morgan fingerprint density at radius 2 is 1.69 bits per heavy atom. The molecule has 0 saturated heterocycles. The second-order valence-electron chi connectivity index (χ2n) is 5.98. The second kappa shape index (κ2) is 10.6. The number of ether oxygens (including phenoxy) is 3. The number of nitro groups is 1.